The summed E-state index contributed by atoms with van der Waals surface area (Å²) in [7, 11) is 1.27. The number of esters is 1. The topological polar surface area (TPSA) is 93.9 Å². The predicted molar refractivity (Wildman–Crippen MR) is 98.0 cm³/mol. The number of amides is 2. The van der Waals surface area contributed by atoms with Crippen molar-refractivity contribution in [2.24, 2.45) is 0 Å². The van der Waals surface area contributed by atoms with E-state index in [1.54, 1.807) is 4.90 Å². The molecule has 0 saturated heterocycles. The number of benzene rings is 1. The molecule has 146 valence electrons. The Kier molecular flexibility index (Phi) is 8.31. The Hall–Kier alpha value is -2.87. The van der Waals surface area contributed by atoms with Gasteiger partial charge in [0.1, 0.15) is 6.26 Å². The first-order valence-electron chi connectivity index (χ1n) is 8.81. The van der Waals surface area contributed by atoms with Gasteiger partial charge in [0.2, 0.25) is 5.89 Å². The van der Waals surface area contributed by atoms with E-state index in [0.29, 0.717) is 32.7 Å². The minimum Gasteiger partial charge on any atom is -0.464 e. The maximum atomic E-state index is 12.6. The van der Waals surface area contributed by atoms with Crippen LogP contribution in [0.4, 0.5) is 4.79 Å². The Balaban J connectivity index is 1.97. The molecule has 0 unspecified atom stereocenters. The maximum Gasteiger partial charge on any atom is 0.360 e. The van der Waals surface area contributed by atoms with Crippen LogP contribution in [0.5, 0.6) is 0 Å². The maximum absolute atomic E-state index is 12.6. The van der Waals surface area contributed by atoms with Gasteiger partial charge in [-0.25, -0.2) is 14.6 Å². The molecule has 2 aromatic rings. The van der Waals surface area contributed by atoms with Crippen molar-refractivity contribution in [3.05, 3.63) is 53.7 Å². The number of urea groups is 1. The van der Waals surface area contributed by atoms with Gasteiger partial charge in [-0.2, -0.15) is 0 Å². The Labute approximate surface area is 158 Å². The lowest BCUT2D eigenvalue weighted by molar-refractivity contribution is 0.0594. The first kappa shape index (κ1) is 20.4. The first-order chi connectivity index (χ1) is 13.1. The zero-order valence-electron chi connectivity index (χ0n) is 15.6. The lowest BCUT2D eigenvalue weighted by atomic mass is 10.2. The molecule has 27 heavy (non-hydrogen) atoms. The molecule has 2 rings (SSSR count). The zero-order valence-corrected chi connectivity index (χ0v) is 15.6. The SMILES string of the molecule is CCOCCCN(Cc1nc(C(=O)OC)co1)C(=O)NCc1ccccc1. The highest BCUT2D eigenvalue weighted by Gasteiger charge is 2.18. The zero-order chi connectivity index (χ0) is 19.5. The Morgan fingerprint density at radius 3 is 2.74 bits per heavy atom. The molecule has 0 aliphatic heterocycles. The van der Waals surface area contributed by atoms with E-state index in [9.17, 15) is 9.59 Å². The van der Waals surface area contributed by atoms with Crippen molar-refractivity contribution in [3.8, 4) is 0 Å². The van der Waals surface area contributed by atoms with E-state index in [0.717, 1.165) is 5.56 Å². The summed E-state index contributed by atoms with van der Waals surface area (Å²) < 4.78 is 15.2. The van der Waals surface area contributed by atoms with Crippen LogP contribution in [0.25, 0.3) is 0 Å². The lowest BCUT2D eigenvalue weighted by Crippen LogP contribution is -2.40. The second kappa shape index (κ2) is 11.0. The molecule has 0 aliphatic carbocycles. The number of methoxy groups -OCH3 is 1. The summed E-state index contributed by atoms with van der Waals surface area (Å²) in [4.78, 5) is 29.7. The minimum absolute atomic E-state index is 0.0754. The monoisotopic (exact) mass is 375 g/mol. The summed E-state index contributed by atoms with van der Waals surface area (Å²) in [5, 5.41) is 2.89. The Morgan fingerprint density at radius 1 is 1.26 bits per heavy atom. The van der Waals surface area contributed by atoms with Crippen LogP contribution in [0.15, 0.2) is 41.0 Å². The highest BCUT2D eigenvalue weighted by molar-refractivity contribution is 5.86. The number of hydrogen-bond donors (Lipinski definition) is 1. The fourth-order valence-corrected chi connectivity index (χ4v) is 2.38. The number of aromatic nitrogens is 1. The Morgan fingerprint density at radius 2 is 2.04 bits per heavy atom. The van der Waals surface area contributed by atoms with E-state index in [1.165, 1.54) is 13.4 Å². The number of nitrogens with zero attached hydrogens (tertiary/aromatic N) is 2. The summed E-state index contributed by atoms with van der Waals surface area (Å²) >= 11 is 0. The third-order valence-corrected chi connectivity index (χ3v) is 3.77. The van der Waals surface area contributed by atoms with Crippen molar-refractivity contribution in [3.63, 3.8) is 0 Å². The highest BCUT2D eigenvalue weighted by Crippen LogP contribution is 2.08. The largest absolute Gasteiger partial charge is 0.464 e. The fraction of sp³-hybridized carbons (Fsp3) is 0.421. The highest BCUT2D eigenvalue weighted by atomic mass is 16.5. The number of ether oxygens (including phenoxy) is 2. The van der Waals surface area contributed by atoms with Crippen molar-refractivity contribution in [1.82, 2.24) is 15.2 Å². The van der Waals surface area contributed by atoms with Gasteiger partial charge in [-0.05, 0) is 18.9 Å². The van der Waals surface area contributed by atoms with Crippen LogP contribution < -0.4 is 5.32 Å². The van der Waals surface area contributed by atoms with Gasteiger partial charge in [-0.15, -0.1) is 0 Å². The van der Waals surface area contributed by atoms with Gasteiger partial charge in [0.15, 0.2) is 5.69 Å². The number of oxazole rings is 1. The van der Waals surface area contributed by atoms with E-state index in [-0.39, 0.29) is 24.2 Å². The molecule has 1 aromatic carbocycles. The van der Waals surface area contributed by atoms with Gasteiger partial charge in [0.05, 0.1) is 13.7 Å². The van der Waals surface area contributed by atoms with E-state index < -0.39 is 5.97 Å². The summed E-state index contributed by atoms with van der Waals surface area (Å²) in [6, 6.07) is 9.40. The molecule has 0 saturated carbocycles. The molecule has 0 atom stereocenters. The summed E-state index contributed by atoms with van der Waals surface area (Å²) in [6.45, 7) is 4.13. The molecular weight excluding hydrogens is 350 g/mol. The van der Waals surface area contributed by atoms with E-state index >= 15 is 0 Å². The Bertz CT molecular complexity index is 717. The van der Waals surface area contributed by atoms with Crippen LogP contribution in [-0.4, -0.2) is 48.8 Å². The van der Waals surface area contributed by atoms with Gasteiger partial charge < -0.3 is 24.1 Å². The van der Waals surface area contributed by atoms with Gasteiger partial charge in [0.25, 0.3) is 0 Å². The van der Waals surface area contributed by atoms with Gasteiger partial charge in [-0.3, -0.25) is 0 Å². The molecule has 0 aliphatic rings. The number of carbonyl (C=O) groups excluding carboxylic acids is 2. The van der Waals surface area contributed by atoms with Gasteiger partial charge in [0, 0.05) is 26.3 Å². The quantitative estimate of drug-likeness (QED) is 0.507. The molecule has 0 bridgehead atoms. The van der Waals surface area contributed by atoms with Crippen molar-refractivity contribution >= 4 is 12.0 Å². The van der Waals surface area contributed by atoms with Gasteiger partial charge >= 0.3 is 12.0 Å². The number of carbonyl (C=O) groups is 2. The van der Waals surface area contributed by atoms with E-state index in [1.807, 2.05) is 37.3 Å². The van der Waals surface area contributed by atoms with Crippen LogP contribution >= 0.6 is 0 Å². The molecule has 1 aromatic heterocycles. The minimum atomic E-state index is -0.582. The molecule has 1 heterocycles. The van der Waals surface area contributed by atoms with Crippen molar-refractivity contribution in [2.75, 3.05) is 26.9 Å². The molecular formula is C19H25N3O5. The average molecular weight is 375 g/mol. The fourth-order valence-electron chi connectivity index (χ4n) is 2.38. The van der Waals surface area contributed by atoms with Crippen LogP contribution in [-0.2, 0) is 22.6 Å². The summed E-state index contributed by atoms with van der Waals surface area (Å²) in [5.74, 6) is -0.317. The third kappa shape index (κ3) is 6.74. The van der Waals surface area contributed by atoms with Gasteiger partial charge in [-0.1, -0.05) is 30.3 Å². The van der Waals surface area contributed by atoms with Crippen LogP contribution in [0.3, 0.4) is 0 Å². The van der Waals surface area contributed by atoms with E-state index in [2.05, 4.69) is 15.0 Å². The smallest absolute Gasteiger partial charge is 0.360 e. The molecule has 0 spiro atoms. The molecule has 8 heteroatoms. The standard InChI is InChI=1S/C19H25N3O5/c1-3-26-11-7-10-22(13-17-21-16(14-27-17)18(23)25-2)19(24)20-12-15-8-5-4-6-9-15/h4-6,8-9,14H,3,7,10-13H2,1-2H3,(H,20,24). The third-order valence-electron chi connectivity index (χ3n) is 3.77. The molecule has 0 fully saturated rings. The number of hydrogen-bond acceptors (Lipinski definition) is 6. The van der Waals surface area contributed by atoms with Crippen molar-refractivity contribution < 1.29 is 23.5 Å². The molecule has 2 amide bonds. The predicted octanol–water partition coefficient (Wildman–Crippen LogP) is 2.60. The second-order valence-corrected chi connectivity index (χ2v) is 5.73. The van der Waals surface area contributed by atoms with Crippen molar-refractivity contribution in [1.29, 1.82) is 0 Å². The van der Waals surface area contributed by atoms with E-state index in [4.69, 9.17) is 9.15 Å². The second-order valence-electron chi connectivity index (χ2n) is 5.73. The number of rotatable bonds is 10. The first-order valence-corrected chi connectivity index (χ1v) is 8.81. The summed E-state index contributed by atoms with van der Waals surface area (Å²) in [6.07, 6.45) is 1.90. The molecule has 1 N–H and O–H groups in total. The normalized spacial score (nSPS) is 10.4. The molecule has 0 radical (unpaired) electrons. The lowest BCUT2D eigenvalue weighted by Gasteiger charge is -2.21. The summed E-state index contributed by atoms with van der Waals surface area (Å²) in [5.41, 5.74) is 1.08. The number of nitrogens with one attached hydrogen (secondary N) is 1. The van der Waals surface area contributed by atoms with Crippen molar-refractivity contribution in [2.45, 2.75) is 26.4 Å². The van der Waals surface area contributed by atoms with Crippen LogP contribution in [0.2, 0.25) is 0 Å². The average Bonchev–Trinajstić information content (AvgIpc) is 3.17. The van der Waals surface area contributed by atoms with Crippen LogP contribution in [0, 0.1) is 0 Å². The molecule has 8 nitrogen and oxygen atoms in total. The van der Waals surface area contributed by atoms with Crippen LogP contribution in [0.1, 0.15) is 35.3 Å².